The lowest BCUT2D eigenvalue weighted by atomic mass is 10.0. The predicted molar refractivity (Wildman–Crippen MR) is 83.9 cm³/mol. The summed E-state index contributed by atoms with van der Waals surface area (Å²) in [6, 6.07) is 5.20. The molecule has 0 aliphatic carbocycles. The van der Waals surface area contributed by atoms with E-state index in [1.165, 1.54) is 16.9 Å². The standard InChI is InChI=1S/C17H14F6N4/c18-16(19,20)12-3-4-14(11(8-12)9-24)26-6-1-2-13(10-26)27-7-5-15(25-27)17(21,22)23/h3-5,7-8,13H,1-2,6,10H2. The third-order valence-corrected chi connectivity index (χ3v) is 4.45. The molecule has 1 atom stereocenters. The zero-order valence-corrected chi connectivity index (χ0v) is 13.8. The highest BCUT2D eigenvalue weighted by Crippen LogP contribution is 2.35. The van der Waals surface area contributed by atoms with Gasteiger partial charge in [0.25, 0.3) is 0 Å². The lowest BCUT2D eigenvalue weighted by Crippen LogP contribution is -2.37. The van der Waals surface area contributed by atoms with Crippen LogP contribution in [-0.2, 0) is 12.4 Å². The fourth-order valence-electron chi connectivity index (χ4n) is 3.16. The number of hydrogen-bond donors (Lipinski definition) is 0. The molecule has 2 aromatic rings. The molecule has 2 heterocycles. The quantitative estimate of drug-likeness (QED) is 0.705. The normalized spacial score (nSPS) is 18.4. The van der Waals surface area contributed by atoms with Gasteiger partial charge in [-0.05, 0) is 37.1 Å². The molecule has 0 bridgehead atoms. The summed E-state index contributed by atoms with van der Waals surface area (Å²) < 4.78 is 77.9. The van der Waals surface area contributed by atoms with Gasteiger partial charge in [0.1, 0.15) is 6.07 Å². The summed E-state index contributed by atoms with van der Waals surface area (Å²) in [4.78, 5) is 1.71. The summed E-state index contributed by atoms with van der Waals surface area (Å²) >= 11 is 0. The summed E-state index contributed by atoms with van der Waals surface area (Å²) in [5.41, 5.74) is -1.70. The number of anilines is 1. The van der Waals surface area contributed by atoms with E-state index in [0.717, 1.165) is 18.2 Å². The fraction of sp³-hybridized carbons (Fsp3) is 0.412. The molecule has 3 rings (SSSR count). The van der Waals surface area contributed by atoms with Crippen LogP contribution in [0.3, 0.4) is 0 Å². The van der Waals surface area contributed by atoms with E-state index in [9.17, 15) is 31.6 Å². The SMILES string of the molecule is N#Cc1cc(C(F)(F)F)ccc1N1CCCC(n2ccc(C(F)(F)F)n2)C1. The van der Waals surface area contributed by atoms with Gasteiger partial charge in [-0.1, -0.05) is 0 Å². The van der Waals surface area contributed by atoms with Crippen LogP contribution in [0.5, 0.6) is 0 Å². The van der Waals surface area contributed by atoms with Crippen molar-refractivity contribution < 1.29 is 26.3 Å². The van der Waals surface area contributed by atoms with E-state index in [4.69, 9.17) is 0 Å². The number of rotatable bonds is 2. The van der Waals surface area contributed by atoms with Gasteiger partial charge in [-0.25, -0.2) is 0 Å². The summed E-state index contributed by atoms with van der Waals surface area (Å²) in [6.07, 6.45) is -6.66. The molecule has 27 heavy (non-hydrogen) atoms. The van der Waals surface area contributed by atoms with E-state index in [2.05, 4.69) is 5.10 Å². The van der Waals surface area contributed by atoms with Crippen molar-refractivity contribution >= 4 is 5.69 Å². The Morgan fingerprint density at radius 3 is 2.41 bits per heavy atom. The molecule has 4 nitrogen and oxygen atoms in total. The molecule has 1 saturated heterocycles. The van der Waals surface area contributed by atoms with Crippen molar-refractivity contribution in [2.24, 2.45) is 0 Å². The third-order valence-electron chi connectivity index (χ3n) is 4.45. The van der Waals surface area contributed by atoms with Gasteiger partial charge in [-0.2, -0.15) is 36.7 Å². The van der Waals surface area contributed by atoms with E-state index in [0.29, 0.717) is 25.1 Å². The Balaban J connectivity index is 1.84. The van der Waals surface area contributed by atoms with E-state index < -0.39 is 23.6 Å². The number of hydrogen-bond acceptors (Lipinski definition) is 3. The smallest absolute Gasteiger partial charge is 0.368 e. The number of benzene rings is 1. The minimum absolute atomic E-state index is 0.123. The van der Waals surface area contributed by atoms with E-state index in [1.807, 2.05) is 0 Å². The maximum Gasteiger partial charge on any atom is 0.435 e. The molecule has 144 valence electrons. The molecule has 1 aromatic carbocycles. The van der Waals surface area contributed by atoms with Gasteiger partial charge in [0.2, 0.25) is 0 Å². The van der Waals surface area contributed by atoms with Gasteiger partial charge in [0.05, 0.1) is 22.9 Å². The Kier molecular flexibility index (Phi) is 4.80. The van der Waals surface area contributed by atoms with Gasteiger partial charge < -0.3 is 4.90 Å². The summed E-state index contributed by atoms with van der Waals surface area (Å²) in [6.45, 7) is 0.739. The first-order valence-electron chi connectivity index (χ1n) is 8.08. The highest BCUT2D eigenvalue weighted by atomic mass is 19.4. The van der Waals surface area contributed by atoms with Crippen LogP contribution >= 0.6 is 0 Å². The van der Waals surface area contributed by atoms with Crippen LogP contribution in [0, 0.1) is 11.3 Å². The molecule has 1 unspecified atom stereocenters. The lowest BCUT2D eigenvalue weighted by molar-refractivity contribution is -0.141. The minimum atomic E-state index is -4.56. The maximum absolute atomic E-state index is 12.8. The number of aromatic nitrogens is 2. The Bertz CT molecular complexity index is 862. The second-order valence-electron chi connectivity index (χ2n) is 6.26. The van der Waals surface area contributed by atoms with Crippen LogP contribution < -0.4 is 4.90 Å². The summed E-state index contributed by atoms with van der Waals surface area (Å²) in [5, 5.41) is 12.8. The molecule has 0 spiro atoms. The van der Waals surface area contributed by atoms with Crippen LogP contribution in [0.15, 0.2) is 30.5 Å². The first-order valence-corrected chi connectivity index (χ1v) is 8.08. The summed E-state index contributed by atoms with van der Waals surface area (Å²) in [5.74, 6) is 0. The molecule has 0 radical (unpaired) electrons. The van der Waals surface area contributed by atoms with Crippen molar-refractivity contribution in [1.29, 1.82) is 5.26 Å². The largest absolute Gasteiger partial charge is 0.435 e. The Morgan fingerprint density at radius 1 is 1.07 bits per heavy atom. The highest BCUT2D eigenvalue weighted by Gasteiger charge is 2.35. The van der Waals surface area contributed by atoms with Gasteiger partial charge in [0, 0.05) is 19.3 Å². The van der Waals surface area contributed by atoms with Gasteiger partial charge in [-0.3, -0.25) is 4.68 Å². The first kappa shape index (κ1) is 19.1. The fourth-order valence-corrected chi connectivity index (χ4v) is 3.16. The number of halogens is 6. The molecule has 0 saturated carbocycles. The van der Waals surface area contributed by atoms with Crippen LogP contribution in [0.1, 0.15) is 35.7 Å². The van der Waals surface area contributed by atoms with Crippen molar-refractivity contribution in [3.63, 3.8) is 0 Å². The van der Waals surface area contributed by atoms with Gasteiger partial charge >= 0.3 is 12.4 Å². The number of piperidine rings is 1. The molecular formula is C17H14F6N4. The molecule has 0 amide bonds. The second kappa shape index (κ2) is 6.79. The van der Waals surface area contributed by atoms with E-state index in [-0.39, 0.29) is 18.2 Å². The Labute approximate surface area is 150 Å². The lowest BCUT2D eigenvalue weighted by Gasteiger charge is -2.35. The predicted octanol–water partition coefficient (Wildman–Crippen LogP) is 4.63. The molecule has 1 aliphatic rings. The second-order valence-corrected chi connectivity index (χ2v) is 6.26. The van der Waals surface area contributed by atoms with E-state index >= 15 is 0 Å². The van der Waals surface area contributed by atoms with Crippen molar-refractivity contribution in [2.45, 2.75) is 31.2 Å². The van der Waals surface area contributed by atoms with Crippen molar-refractivity contribution in [2.75, 3.05) is 18.0 Å². The van der Waals surface area contributed by atoms with E-state index in [1.54, 1.807) is 11.0 Å². The average Bonchev–Trinajstić information content (AvgIpc) is 3.11. The third kappa shape index (κ3) is 4.02. The summed E-state index contributed by atoms with van der Waals surface area (Å²) in [7, 11) is 0. The zero-order chi connectivity index (χ0) is 19.8. The van der Waals surface area contributed by atoms with Crippen molar-refractivity contribution in [3.05, 3.63) is 47.3 Å². The highest BCUT2D eigenvalue weighted by molar-refractivity contribution is 5.61. The topological polar surface area (TPSA) is 44.9 Å². The Morgan fingerprint density at radius 2 is 1.81 bits per heavy atom. The van der Waals surface area contributed by atoms with Crippen molar-refractivity contribution in [3.8, 4) is 6.07 Å². The van der Waals surface area contributed by atoms with Crippen LogP contribution in [-0.4, -0.2) is 22.9 Å². The Hall–Kier alpha value is -2.70. The van der Waals surface area contributed by atoms with Crippen LogP contribution in [0.2, 0.25) is 0 Å². The van der Waals surface area contributed by atoms with Crippen molar-refractivity contribution in [1.82, 2.24) is 9.78 Å². The molecule has 10 heteroatoms. The van der Waals surface area contributed by atoms with Gasteiger partial charge in [-0.15, -0.1) is 0 Å². The molecule has 0 N–H and O–H groups in total. The van der Waals surface area contributed by atoms with Crippen LogP contribution in [0.25, 0.3) is 0 Å². The monoisotopic (exact) mass is 388 g/mol. The molecular weight excluding hydrogens is 374 g/mol. The first-order chi connectivity index (χ1) is 12.6. The van der Waals surface area contributed by atoms with Gasteiger partial charge in [0.15, 0.2) is 5.69 Å². The minimum Gasteiger partial charge on any atom is -0.368 e. The van der Waals surface area contributed by atoms with Crippen LogP contribution in [0.4, 0.5) is 32.0 Å². The molecule has 1 aromatic heterocycles. The maximum atomic E-state index is 12.8. The molecule has 1 aliphatic heterocycles. The number of nitriles is 1. The molecule has 1 fully saturated rings. The number of nitrogens with zero attached hydrogens (tertiary/aromatic N) is 4. The average molecular weight is 388 g/mol. The number of alkyl halides is 6. The zero-order valence-electron chi connectivity index (χ0n) is 13.8.